The van der Waals surface area contributed by atoms with E-state index in [1.165, 1.54) is 11.8 Å². The summed E-state index contributed by atoms with van der Waals surface area (Å²) in [6.07, 6.45) is 3.86. The maximum absolute atomic E-state index is 11.7. The lowest BCUT2D eigenvalue weighted by atomic mass is 10.2. The summed E-state index contributed by atoms with van der Waals surface area (Å²) in [5, 5.41) is 7.27. The zero-order chi connectivity index (χ0) is 13.4. The molecule has 2 aromatic heterocycles. The SMILES string of the molecule is C[C@@H](N)c1ccc(Sc2n[nH]c(=O)n2C2CC2)cn1. The minimum atomic E-state index is -0.134. The van der Waals surface area contributed by atoms with E-state index in [0.717, 1.165) is 23.4 Å². The minimum Gasteiger partial charge on any atom is -0.323 e. The number of nitrogens with two attached hydrogens (primary N) is 1. The summed E-state index contributed by atoms with van der Waals surface area (Å²) in [4.78, 5) is 16.9. The summed E-state index contributed by atoms with van der Waals surface area (Å²) in [5.74, 6) is 0. The summed E-state index contributed by atoms with van der Waals surface area (Å²) < 4.78 is 1.73. The molecule has 0 unspecified atom stereocenters. The molecule has 1 aliphatic rings. The first-order valence-electron chi connectivity index (χ1n) is 6.21. The Morgan fingerprint density at radius 3 is 2.89 bits per heavy atom. The molecular formula is C12H15N5OS. The van der Waals surface area contributed by atoms with Crippen LogP contribution in [-0.4, -0.2) is 19.7 Å². The second-order valence-electron chi connectivity index (χ2n) is 4.72. The van der Waals surface area contributed by atoms with Crippen LogP contribution in [0.4, 0.5) is 0 Å². The molecule has 100 valence electrons. The maximum Gasteiger partial charge on any atom is 0.344 e. The third-order valence-corrected chi connectivity index (χ3v) is 3.97. The number of nitrogens with zero attached hydrogens (tertiary/aromatic N) is 3. The number of aromatic amines is 1. The van der Waals surface area contributed by atoms with Gasteiger partial charge in [0.2, 0.25) is 0 Å². The van der Waals surface area contributed by atoms with Crippen LogP contribution in [-0.2, 0) is 0 Å². The molecule has 0 aromatic carbocycles. The molecule has 2 aromatic rings. The van der Waals surface area contributed by atoms with Crippen LogP contribution in [0.5, 0.6) is 0 Å². The summed E-state index contributed by atoms with van der Waals surface area (Å²) in [5.41, 5.74) is 6.48. The summed E-state index contributed by atoms with van der Waals surface area (Å²) in [6.45, 7) is 1.90. The van der Waals surface area contributed by atoms with Gasteiger partial charge in [0.15, 0.2) is 5.16 Å². The van der Waals surface area contributed by atoms with E-state index in [0.29, 0.717) is 11.2 Å². The van der Waals surface area contributed by atoms with Gasteiger partial charge in [0.25, 0.3) is 0 Å². The first-order chi connectivity index (χ1) is 9.15. The smallest absolute Gasteiger partial charge is 0.323 e. The lowest BCUT2D eigenvalue weighted by molar-refractivity contribution is 0.642. The molecule has 3 N–H and O–H groups in total. The van der Waals surface area contributed by atoms with Crippen molar-refractivity contribution in [1.82, 2.24) is 19.7 Å². The highest BCUT2D eigenvalue weighted by Gasteiger charge is 2.28. The van der Waals surface area contributed by atoms with Gasteiger partial charge in [0.05, 0.1) is 5.69 Å². The topological polar surface area (TPSA) is 89.6 Å². The van der Waals surface area contributed by atoms with Gasteiger partial charge in [-0.25, -0.2) is 9.89 Å². The molecular weight excluding hydrogens is 262 g/mol. The zero-order valence-corrected chi connectivity index (χ0v) is 11.4. The van der Waals surface area contributed by atoms with Crippen LogP contribution in [0.3, 0.4) is 0 Å². The molecule has 7 heteroatoms. The third kappa shape index (κ3) is 2.57. The van der Waals surface area contributed by atoms with Crippen LogP contribution >= 0.6 is 11.8 Å². The van der Waals surface area contributed by atoms with Crippen LogP contribution < -0.4 is 11.4 Å². The molecule has 0 spiro atoms. The molecule has 0 amide bonds. The minimum absolute atomic E-state index is 0.0749. The highest BCUT2D eigenvalue weighted by molar-refractivity contribution is 7.99. The van der Waals surface area contributed by atoms with E-state index >= 15 is 0 Å². The molecule has 0 aliphatic heterocycles. The van der Waals surface area contributed by atoms with Gasteiger partial charge in [-0.05, 0) is 43.7 Å². The predicted octanol–water partition coefficient (Wildman–Crippen LogP) is 1.47. The lowest BCUT2D eigenvalue weighted by Gasteiger charge is -2.06. The fourth-order valence-corrected chi connectivity index (χ4v) is 2.72. The molecule has 6 nitrogen and oxygen atoms in total. The maximum atomic E-state index is 11.7. The summed E-state index contributed by atoms with van der Waals surface area (Å²) >= 11 is 1.44. The first-order valence-corrected chi connectivity index (χ1v) is 7.03. The Hall–Kier alpha value is -1.60. The van der Waals surface area contributed by atoms with Crippen molar-refractivity contribution in [1.29, 1.82) is 0 Å². The highest BCUT2D eigenvalue weighted by atomic mass is 32.2. The Morgan fingerprint density at radius 1 is 1.53 bits per heavy atom. The van der Waals surface area contributed by atoms with Crippen molar-refractivity contribution < 1.29 is 0 Å². The average Bonchev–Trinajstić information content (AvgIpc) is 3.16. The van der Waals surface area contributed by atoms with Crippen molar-refractivity contribution in [3.8, 4) is 0 Å². The average molecular weight is 277 g/mol. The molecule has 19 heavy (non-hydrogen) atoms. The van der Waals surface area contributed by atoms with Crippen molar-refractivity contribution in [3.05, 3.63) is 34.5 Å². The molecule has 3 rings (SSSR count). The van der Waals surface area contributed by atoms with Gasteiger partial charge in [-0.1, -0.05) is 0 Å². The Balaban J connectivity index is 1.83. The molecule has 0 bridgehead atoms. The third-order valence-electron chi connectivity index (χ3n) is 3.02. The standard InChI is InChI=1S/C12H15N5OS/c1-7(13)10-5-4-9(6-14-10)19-12-16-15-11(18)17(12)8-2-3-8/h4-8H,2-3,13H2,1H3,(H,15,18)/t7-/m1/s1. The number of hydrogen-bond acceptors (Lipinski definition) is 5. The van der Waals surface area contributed by atoms with Crippen LogP contribution in [0.15, 0.2) is 33.2 Å². The number of rotatable bonds is 4. The molecule has 1 fully saturated rings. The fraction of sp³-hybridized carbons (Fsp3) is 0.417. The van der Waals surface area contributed by atoms with Crippen LogP contribution in [0.25, 0.3) is 0 Å². The number of H-pyrrole nitrogens is 1. The van der Waals surface area contributed by atoms with E-state index in [1.807, 2.05) is 19.1 Å². The number of pyridine rings is 1. The monoisotopic (exact) mass is 277 g/mol. The fourth-order valence-electron chi connectivity index (χ4n) is 1.84. The van der Waals surface area contributed by atoms with E-state index in [-0.39, 0.29) is 11.7 Å². The second kappa shape index (κ2) is 4.82. The second-order valence-corrected chi connectivity index (χ2v) is 5.76. The van der Waals surface area contributed by atoms with Crippen LogP contribution in [0.2, 0.25) is 0 Å². The van der Waals surface area contributed by atoms with Crippen molar-refractivity contribution in [2.45, 2.75) is 41.9 Å². The normalized spacial score (nSPS) is 16.5. The van der Waals surface area contributed by atoms with E-state index in [4.69, 9.17) is 5.73 Å². The van der Waals surface area contributed by atoms with Crippen molar-refractivity contribution in [2.24, 2.45) is 5.73 Å². The van der Waals surface area contributed by atoms with Gasteiger partial charge in [-0.2, -0.15) is 0 Å². The van der Waals surface area contributed by atoms with Crippen LogP contribution in [0, 0.1) is 0 Å². The number of aromatic nitrogens is 4. The van der Waals surface area contributed by atoms with Gasteiger partial charge < -0.3 is 5.73 Å². The van der Waals surface area contributed by atoms with Crippen molar-refractivity contribution in [2.75, 3.05) is 0 Å². The van der Waals surface area contributed by atoms with Gasteiger partial charge in [-0.15, -0.1) is 5.10 Å². The number of nitrogens with one attached hydrogen (secondary N) is 1. The Morgan fingerprint density at radius 2 is 2.32 bits per heavy atom. The molecule has 1 atom stereocenters. The largest absolute Gasteiger partial charge is 0.344 e. The van der Waals surface area contributed by atoms with Gasteiger partial charge in [0.1, 0.15) is 0 Å². The van der Waals surface area contributed by atoms with Crippen molar-refractivity contribution in [3.63, 3.8) is 0 Å². The zero-order valence-electron chi connectivity index (χ0n) is 10.5. The van der Waals surface area contributed by atoms with Gasteiger partial charge >= 0.3 is 5.69 Å². The molecule has 2 heterocycles. The highest BCUT2D eigenvalue weighted by Crippen LogP contribution is 2.37. The first kappa shape index (κ1) is 12.4. The molecule has 0 saturated heterocycles. The van der Waals surface area contributed by atoms with Crippen molar-refractivity contribution >= 4 is 11.8 Å². The molecule has 0 radical (unpaired) electrons. The number of hydrogen-bond donors (Lipinski definition) is 2. The van der Waals surface area contributed by atoms with E-state index in [9.17, 15) is 4.79 Å². The van der Waals surface area contributed by atoms with Gasteiger partial charge in [-0.3, -0.25) is 9.55 Å². The predicted molar refractivity (Wildman–Crippen MR) is 72.1 cm³/mol. The van der Waals surface area contributed by atoms with Crippen LogP contribution in [0.1, 0.15) is 37.5 Å². The van der Waals surface area contributed by atoms with E-state index < -0.39 is 0 Å². The quantitative estimate of drug-likeness (QED) is 0.883. The Kier molecular flexibility index (Phi) is 3.16. The summed E-state index contributed by atoms with van der Waals surface area (Å²) in [6, 6.07) is 4.09. The molecule has 1 saturated carbocycles. The molecule has 1 aliphatic carbocycles. The Bertz CT molecular complexity index is 626. The lowest BCUT2D eigenvalue weighted by Crippen LogP contribution is -2.16. The Labute approximate surface area is 114 Å². The van der Waals surface area contributed by atoms with Gasteiger partial charge in [0, 0.05) is 23.2 Å². The van der Waals surface area contributed by atoms with E-state index in [2.05, 4.69) is 15.2 Å². The van der Waals surface area contributed by atoms with E-state index in [1.54, 1.807) is 10.8 Å². The summed E-state index contributed by atoms with van der Waals surface area (Å²) in [7, 11) is 0.